The van der Waals surface area contributed by atoms with Crippen molar-refractivity contribution in [1.82, 2.24) is 16.0 Å². The number of carbonyl (C=O) groups excluding carboxylic acids is 3. The average Bonchev–Trinajstić information content (AvgIpc) is 2.60. The second-order valence-corrected chi connectivity index (χ2v) is 6.76. The van der Waals surface area contributed by atoms with Crippen LogP contribution in [0.4, 0.5) is 9.59 Å². The standard InChI is InChI=1S/C18H25N3O7/c1-18(2,3)28-17(26)21-13(15(23)24)9-19-14(22)10-20-16(25)27-11-12-7-5-4-6-8-12/h4-8,13H,9-11H2,1-3H3,(H,19,22)(H,20,25)(H,21,26)(H,23,24). The van der Waals surface area contributed by atoms with E-state index in [9.17, 15) is 19.2 Å². The molecule has 1 atom stereocenters. The zero-order valence-corrected chi connectivity index (χ0v) is 16.0. The van der Waals surface area contributed by atoms with E-state index >= 15 is 0 Å². The van der Waals surface area contributed by atoms with Crippen molar-refractivity contribution in [2.45, 2.75) is 39.0 Å². The van der Waals surface area contributed by atoms with Gasteiger partial charge in [0.2, 0.25) is 5.91 Å². The minimum absolute atomic E-state index is 0.0508. The molecule has 1 rings (SSSR count). The first-order valence-corrected chi connectivity index (χ1v) is 8.50. The van der Waals surface area contributed by atoms with Crippen LogP contribution in [0.15, 0.2) is 30.3 Å². The van der Waals surface area contributed by atoms with Crippen LogP contribution < -0.4 is 16.0 Å². The molecule has 0 aliphatic heterocycles. The first-order chi connectivity index (χ1) is 13.1. The predicted molar refractivity (Wildman–Crippen MR) is 98.4 cm³/mol. The number of amides is 3. The van der Waals surface area contributed by atoms with Gasteiger partial charge in [0.25, 0.3) is 0 Å². The maximum atomic E-state index is 11.7. The van der Waals surface area contributed by atoms with Crippen LogP contribution in [0.25, 0.3) is 0 Å². The summed E-state index contributed by atoms with van der Waals surface area (Å²) in [5, 5.41) is 15.8. The van der Waals surface area contributed by atoms with Gasteiger partial charge in [-0.05, 0) is 26.3 Å². The average molecular weight is 395 g/mol. The Labute approximate surface area is 162 Å². The van der Waals surface area contributed by atoms with E-state index < -0.39 is 42.3 Å². The summed E-state index contributed by atoms with van der Waals surface area (Å²) in [6, 6.07) is 7.61. The van der Waals surface area contributed by atoms with Crippen LogP contribution in [-0.2, 0) is 25.7 Å². The van der Waals surface area contributed by atoms with Crippen LogP contribution in [0.2, 0.25) is 0 Å². The van der Waals surface area contributed by atoms with Crippen LogP contribution in [-0.4, -0.2) is 53.9 Å². The fourth-order valence-electron chi connectivity index (χ4n) is 1.85. The molecule has 0 bridgehead atoms. The van der Waals surface area contributed by atoms with Gasteiger partial charge in [-0.2, -0.15) is 0 Å². The Morgan fingerprint density at radius 2 is 1.68 bits per heavy atom. The highest BCUT2D eigenvalue weighted by molar-refractivity contribution is 5.84. The van der Waals surface area contributed by atoms with Crippen LogP contribution in [0, 0.1) is 0 Å². The fraction of sp³-hybridized carbons (Fsp3) is 0.444. The van der Waals surface area contributed by atoms with Gasteiger partial charge in [-0.15, -0.1) is 0 Å². The van der Waals surface area contributed by atoms with Gasteiger partial charge in [-0.1, -0.05) is 30.3 Å². The molecular formula is C18H25N3O7. The third-order valence-corrected chi connectivity index (χ3v) is 3.10. The summed E-state index contributed by atoms with van der Waals surface area (Å²) in [5.74, 6) is -1.99. The summed E-state index contributed by atoms with van der Waals surface area (Å²) in [6.07, 6.45) is -1.71. The summed E-state index contributed by atoms with van der Waals surface area (Å²) in [7, 11) is 0. The molecule has 154 valence electrons. The highest BCUT2D eigenvalue weighted by Crippen LogP contribution is 2.06. The Balaban J connectivity index is 2.33. The number of carbonyl (C=O) groups is 4. The Bertz CT molecular complexity index is 686. The normalized spacial score (nSPS) is 11.7. The zero-order chi connectivity index (χ0) is 21.2. The monoisotopic (exact) mass is 395 g/mol. The summed E-state index contributed by atoms with van der Waals surface area (Å²) < 4.78 is 9.91. The van der Waals surface area contributed by atoms with Gasteiger partial charge >= 0.3 is 18.2 Å². The van der Waals surface area contributed by atoms with Crippen molar-refractivity contribution in [3.8, 4) is 0 Å². The summed E-state index contributed by atoms with van der Waals surface area (Å²) in [5.41, 5.74) is 0.0000597. The second-order valence-electron chi connectivity index (χ2n) is 6.76. The van der Waals surface area contributed by atoms with Gasteiger partial charge in [0, 0.05) is 6.54 Å². The molecule has 3 amide bonds. The van der Waals surface area contributed by atoms with Gasteiger partial charge in [-0.3, -0.25) is 4.79 Å². The number of benzene rings is 1. The molecule has 0 saturated heterocycles. The molecular weight excluding hydrogens is 370 g/mol. The molecule has 1 aromatic rings. The maximum Gasteiger partial charge on any atom is 0.408 e. The molecule has 0 aliphatic rings. The first-order valence-electron chi connectivity index (χ1n) is 8.50. The van der Waals surface area contributed by atoms with Crippen molar-refractivity contribution in [3.63, 3.8) is 0 Å². The van der Waals surface area contributed by atoms with Crippen molar-refractivity contribution in [1.29, 1.82) is 0 Å². The molecule has 4 N–H and O–H groups in total. The highest BCUT2D eigenvalue weighted by Gasteiger charge is 2.24. The highest BCUT2D eigenvalue weighted by atomic mass is 16.6. The van der Waals surface area contributed by atoms with E-state index in [4.69, 9.17) is 14.6 Å². The number of hydrogen-bond donors (Lipinski definition) is 4. The number of ether oxygens (including phenoxy) is 2. The van der Waals surface area contributed by atoms with Crippen molar-refractivity contribution < 1.29 is 33.8 Å². The maximum absolute atomic E-state index is 11.7. The van der Waals surface area contributed by atoms with Gasteiger partial charge in [0.1, 0.15) is 18.2 Å². The minimum atomic E-state index is -1.39. The summed E-state index contributed by atoms with van der Waals surface area (Å²) >= 11 is 0. The predicted octanol–water partition coefficient (Wildman–Crippen LogP) is 1.01. The van der Waals surface area contributed by atoms with E-state index in [0.717, 1.165) is 5.56 Å². The second kappa shape index (κ2) is 10.8. The van der Waals surface area contributed by atoms with Crippen LogP contribution in [0.1, 0.15) is 26.3 Å². The van der Waals surface area contributed by atoms with Crippen molar-refractivity contribution in [3.05, 3.63) is 35.9 Å². The SMILES string of the molecule is CC(C)(C)OC(=O)NC(CNC(=O)CNC(=O)OCc1ccccc1)C(=O)O. The molecule has 0 radical (unpaired) electrons. The smallest absolute Gasteiger partial charge is 0.408 e. The van der Waals surface area contributed by atoms with Gasteiger partial charge in [0.15, 0.2) is 0 Å². The first kappa shape index (κ1) is 22.7. The lowest BCUT2D eigenvalue weighted by atomic mass is 10.2. The molecule has 10 nitrogen and oxygen atoms in total. The Hall–Kier alpha value is -3.30. The van der Waals surface area contributed by atoms with Crippen LogP contribution in [0.3, 0.4) is 0 Å². The lowest BCUT2D eigenvalue weighted by molar-refractivity contribution is -0.139. The topological polar surface area (TPSA) is 143 Å². The Morgan fingerprint density at radius 3 is 2.25 bits per heavy atom. The molecule has 28 heavy (non-hydrogen) atoms. The number of carboxylic acids is 1. The lowest BCUT2D eigenvalue weighted by Gasteiger charge is -2.22. The van der Waals surface area contributed by atoms with Crippen molar-refractivity contribution in [2.24, 2.45) is 0 Å². The number of nitrogens with one attached hydrogen (secondary N) is 3. The quantitative estimate of drug-likeness (QED) is 0.514. The van der Waals surface area contributed by atoms with E-state index in [2.05, 4.69) is 16.0 Å². The molecule has 0 aliphatic carbocycles. The largest absolute Gasteiger partial charge is 0.480 e. The molecule has 0 saturated carbocycles. The van der Waals surface area contributed by atoms with E-state index in [0.29, 0.717) is 0 Å². The number of alkyl carbamates (subject to hydrolysis) is 2. The van der Waals surface area contributed by atoms with Crippen LogP contribution >= 0.6 is 0 Å². The van der Waals surface area contributed by atoms with Gasteiger partial charge in [-0.25, -0.2) is 14.4 Å². The van der Waals surface area contributed by atoms with E-state index in [-0.39, 0.29) is 13.2 Å². The minimum Gasteiger partial charge on any atom is -0.480 e. The van der Waals surface area contributed by atoms with Gasteiger partial charge in [0.05, 0.1) is 6.54 Å². The number of hydrogen-bond acceptors (Lipinski definition) is 6. The molecule has 0 spiro atoms. The fourth-order valence-corrected chi connectivity index (χ4v) is 1.85. The lowest BCUT2D eigenvalue weighted by Crippen LogP contribution is -2.50. The summed E-state index contributed by atoms with van der Waals surface area (Å²) in [6.45, 7) is 4.15. The third kappa shape index (κ3) is 10.00. The van der Waals surface area contributed by atoms with E-state index in [1.165, 1.54) is 0 Å². The molecule has 0 heterocycles. The zero-order valence-electron chi connectivity index (χ0n) is 16.0. The Morgan fingerprint density at radius 1 is 1.04 bits per heavy atom. The molecule has 1 unspecified atom stereocenters. The molecule has 0 aromatic heterocycles. The molecule has 10 heteroatoms. The van der Waals surface area contributed by atoms with E-state index in [1.54, 1.807) is 45.0 Å². The Kier molecular flexibility index (Phi) is 8.73. The number of rotatable bonds is 8. The third-order valence-electron chi connectivity index (χ3n) is 3.10. The number of aliphatic carboxylic acids is 1. The summed E-state index contributed by atoms with van der Waals surface area (Å²) in [4.78, 5) is 46.1. The van der Waals surface area contributed by atoms with Crippen molar-refractivity contribution >= 4 is 24.1 Å². The van der Waals surface area contributed by atoms with Crippen molar-refractivity contribution in [2.75, 3.05) is 13.1 Å². The van der Waals surface area contributed by atoms with Gasteiger partial charge < -0.3 is 30.5 Å². The van der Waals surface area contributed by atoms with E-state index in [1.807, 2.05) is 6.07 Å². The van der Waals surface area contributed by atoms with Crippen LogP contribution in [0.5, 0.6) is 0 Å². The number of carboxylic acid groups (broad SMARTS) is 1. The molecule has 1 aromatic carbocycles. The molecule has 0 fully saturated rings.